The fraction of sp³-hybridized carbons (Fsp3) is 0.294. The van der Waals surface area contributed by atoms with Crippen LogP contribution in [0.5, 0.6) is 0 Å². The van der Waals surface area contributed by atoms with Gasteiger partial charge in [0.15, 0.2) is 0 Å². The maximum atomic E-state index is 14.5. The Morgan fingerprint density at radius 3 is 1.75 bits per heavy atom. The summed E-state index contributed by atoms with van der Waals surface area (Å²) in [7, 11) is -8.90. The lowest BCUT2D eigenvalue weighted by molar-refractivity contribution is 0.588. The standard InChI is InChI=1S/C17H20FNO3S2/c1-13-5-9-16(10-6-13)24(21,22)19-23(18,20)15-11-7-14(8-12-15)17(2,3)4/h5-12H,1-4H3. The van der Waals surface area contributed by atoms with E-state index in [2.05, 4.69) is 3.77 Å². The maximum absolute atomic E-state index is 14.5. The SMILES string of the molecule is Cc1ccc(S(=O)(=O)N=S(=O)(F)c2ccc(C(C)(C)C)cc2)cc1. The molecule has 24 heavy (non-hydrogen) atoms. The van der Waals surface area contributed by atoms with Crippen LogP contribution in [0.3, 0.4) is 0 Å². The minimum absolute atomic E-state index is 0.152. The van der Waals surface area contributed by atoms with Crippen molar-refractivity contribution in [1.82, 2.24) is 0 Å². The van der Waals surface area contributed by atoms with Crippen molar-refractivity contribution in [2.75, 3.05) is 0 Å². The van der Waals surface area contributed by atoms with Crippen molar-refractivity contribution >= 4 is 20.1 Å². The van der Waals surface area contributed by atoms with Crippen LogP contribution < -0.4 is 0 Å². The normalized spacial score (nSPS) is 14.9. The summed E-state index contributed by atoms with van der Waals surface area (Å²) in [5.41, 5.74) is 1.62. The highest BCUT2D eigenvalue weighted by Gasteiger charge is 2.21. The monoisotopic (exact) mass is 369 g/mol. The van der Waals surface area contributed by atoms with E-state index in [1.807, 2.05) is 20.8 Å². The maximum Gasteiger partial charge on any atom is 0.292 e. The van der Waals surface area contributed by atoms with Gasteiger partial charge in [0, 0.05) is 0 Å². The van der Waals surface area contributed by atoms with Gasteiger partial charge in [-0.1, -0.05) is 54.4 Å². The zero-order chi connectivity index (χ0) is 18.2. The van der Waals surface area contributed by atoms with E-state index in [0.717, 1.165) is 11.1 Å². The molecule has 0 amide bonds. The number of aryl methyl sites for hydroxylation is 1. The van der Waals surface area contributed by atoms with Gasteiger partial charge >= 0.3 is 0 Å². The van der Waals surface area contributed by atoms with Gasteiger partial charge in [-0.25, -0.2) is 4.21 Å². The zero-order valence-corrected chi connectivity index (χ0v) is 15.6. The molecule has 0 aliphatic heterocycles. The van der Waals surface area contributed by atoms with Crippen molar-refractivity contribution in [3.63, 3.8) is 0 Å². The largest absolute Gasteiger partial charge is 0.292 e. The molecule has 0 fully saturated rings. The molecule has 1 atom stereocenters. The van der Waals surface area contributed by atoms with Gasteiger partial charge in [0.25, 0.3) is 10.0 Å². The molecule has 2 rings (SSSR count). The lowest BCUT2D eigenvalue weighted by Crippen LogP contribution is -2.11. The molecule has 0 aliphatic carbocycles. The molecule has 0 saturated carbocycles. The number of halogens is 1. The van der Waals surface area contributed by atoms with Gasteiger partial charge in [-0.2, -0.15) is 8.42 Å². The van der Waals surface area contributed by atoms with E-state index in [1.165, 1.54) is 24.3 Å². The lowest BCUT2D eigenvalue weighted by Gasteiger charge is -2.18. The van der Waals surface area contributed by atoms with Gasteiger partial charge in [-0.05, 0) is 42.2 Å². The molecular formula is C17H20FNO3S2. The van der Waals surface area contributed by atoms with E-state index in [9.17, 15) is 16.5 Å². The third-order valence-electron chi connectivity index (χ3n) is 3.52. The van der Waals surface area contributed by atoms with Crippen LogP contribution in [0.1, 0.15) is 31.9 Å². The van der Waals surface area contributed by atoms with Crippen molar-refractivity contribution in [3.8, 4) is 0 Å². The Bertz CT molecular complexity index is 948. The Morgan fingerprint density at radius 2 is 1.29 bits per heavy atom. The van der Waals surface area contributed by atoms with Crippen LogP contribution in [-0.2, 0) is 25.6 Å². The highest BCUT2D eigenvalue weighted by molar-refractivity contribution is 8.00. The number of hydrogen-bond donors (Lipinski definition) is 0. The molecule has 0 bridgehead atoms. The number of nitrogens with zero attached hydrogens (tertiary/aromatic N) is 1. The predicted octanol–water partition coefficient (Wildman–Crippen LogP) is 4.39. The van der Waals surface area contributed by atoms with Crippen molar-refractivity contribution in [2.24, 2.45) is 3.77 Å². The molecule has 1 unspecified atom stereocenters. The van der Waals surface area contributed by atoms with E-state index >= 15 is 0 Å². The molecule has 0 spiro atoms. The third kappa shape index (κ3) is 4.21. The van der Waals surface area contributed by atoms with Crippen LogP contribution in [0.2, 0.25) is 0 Å². The smallest absolute Gasteiger partial charge is 0.210 e. The average Bonchev–Trinajstić information content (AvgIpc) is 2.46. The number of hydrogen-bond acceptors (Lipinski definition) is 3. The van der Waals surface area contributed by atoms with E-state index in [-0.39, 0.29) is 15.2 Å². The van der Waals surface area contributed by atoms with Crippen LogP contribution in [-0.4, -0.2) is 12.6 Å². The van der Waals surface area contributed by atoms with Crippen LogP contribution in [0.15, 0.2) is 62.1 Å². The van der Waals surface area contributed by atoms with Gasteiger partial charge in [-0.15, -0.1) is 3.89 Å². The van der Waals surface area contributed by atoms with Gasteiger partial charge in [0.2, 0.25) is 10.1 Å². The Balaban J connectivity index is 2.47. The summed E-state index contributed by atoms with van der Waals surface area (Å²) in [5.74, 6) is 0. The minimum atomic E-state index is -4.55. The second kappa shape index (κ2) is 6.29. The molecule has 2 aromatic rings. The highest BCUT2D eigenvalue weighted by Crippen LogP contribution is 2.26. The first-order valence-electron chi connectivity index (χ1n) is 7.32. The van der Waals surface area contributed by atoms with E-state index in [1.54, 1.807) is 31.2 Å². The van der Waals surface area contributed by atoms with E-state index in [0.29, 0.717) is 0 Å². The first-order valence-corrected chi connectivity index (χ1v) is 10.2. The quantitative estimate of drug-likeness (QED) is 0.754. The van der Waals surface area contributed by atoms with Crippen molar-refractivity contribution in [1.29, 1.82) is 0 Å². The third-order valence-corrected chi connectivity index (χ3v) is 6.80. The van der Waals surface area contributed by atoms with E-state index < -0.39 is 20.1 Å². The first kappa shape index (κ1) is 18.6. The Morgan fingerprint density at radius 1 is 0.833 bits per heavy atom. The summed E-state index contributed by atoms with van der Waals surface area (Å²) in [6.45, 7) is 7.76. The molecule has 0 radical (unpaired) electrons. The molecule has 0 heterocycles. The predicted molar refractivity (Wildman–Crippen MR) is 93.5 cm³/mol. The molecule has 2 aromatic carbocycles. The summed E-state index contributed by atoms with van der Waals surface area (Å²) >= 11 is 0. The summed E-state index contributed by atoms with van der Waals surface area (Å²) in [6, 6.07) is 11.7. The molecule has 0 N–H and O–H groups in total. The van der Waals surface area contributed by atoms with Gasteiger partial charge in [-0.3, -0.25) is 0 Å². The van der Waals surface area contributed by atoms with Gasteiger partial charge in [0.1, 0.15) is 0 Å². The second-order valence-electron chi connectivity index (χ2n) is 6.60. The summed E-state index contributed by atoms with van der Waals surface area (Å²) < 4.78 is 54.1. The fourth-order valence-corrected chi connectivity index (χ4v) is 4.70. The molecule has 0 aliphatic rings. The van der Waals surface area contributed by atoms with Crippen LogP contribution in [0, 0.1) is 6.92 Å². The Labute approximate surface area is 143 Å². The lowest BCUT2D eigenvalue weighted by atomic mass is 9.87. The van der Waals surface area contributed by atoms with Gasteiger partial charge in [0.05, 0.1) is 9.79 Å². The summed E-state index contributed by atoms with van der Waals surface area (Å²) in [6.07, 6.45) is 0. The first-order chi connectivity index (χ1) is 10.9. The van der Waals surface area contributed by atoms with Crippen molar-refractivity contribution < 1.29 is 16.5 Å². The highest BCUT2D eigenvalue weighted by atomic mass is 32.3. The second-order valence-corrected chi connectivity index (χ2v) is 10.0. The molecular weight excluding hydrogens is 349 g/mol. The van der Waals surface area contributed by atoms with E-state index in [4.69, 9.17) is 0 Å². The van der Waals surface area contributed by atoms with Gasteiger partial charge < -0.3 is 0 Å². The number of rotatable bonds is 3. The van der Waals surface area contributed by atoms with Crippen LogP contribution in [0.25, 0.3) is 0 Å². The van der Waals surface area contributed by atoms with Crippen molar-refractivity contribution in [3.05, 3.63) is 59.7 Å². The van der Waals surface area contributed by atoms with Crippen LogP contribution in [0.4, 0.5) is 3.89 Å². The summed E-state index contributed by atoms with van der Waals surface area (Å²) in [5, 5.41) is 0. The van der Waals surface area contributed by atoms with Crippen molar-refractivity contribution in [2.45, 2.75) is 42.9 Å². The number of benzene rings is 2. The minimum Gasteiger partial charge on any atom is -0.210 e. The molecule has 130 valence electrons. The zero-order valence-electron chi connectivity index (χ0n) is 14.0. The topological polar surface area (TPSA) is 63.6 Å². The van der Waals surface area contributed by atoms with Crippen LogP contribution >= 0.6 is 0 Å². The fourth-order valence-electron chi connectivity index (χ4n) is 2.05. The Hall–Kier alpha value is -1.73. The Kier molecular flexibility index (Phi) is 4.88. The molecule has 4 nitrogen and oxygen atoms in total. The molecule has 0 saturated heterocycles. The number of sulfonamides is 1. The molecule has 7 heteroatoms. The average molecular weight is 369 g/mol. The summed E-state index contributed by atoms with van der Waals surface area (Å²) in [4.78, 5) is -0.448. The molecule has 0 aromatic heterocycles.